The quantitative estimate of drug-likeness (QED) is 0.387. The Balaban J connectivity index is 3.71. The first-order chi connectivity index (χ1) is 9.22. The minimum atomic E-state index is -0.770. The predicted octanol–water partition coefficient (Wildman–Crippen LogP) is 3.19. The fraction of sp³-hybridized carbons (Fsp3) is 0.100. The van der Waals surface area contributed by atoms with Gasteiger partial charge in [0, 0.05) is 3.57 Å². The van der Waals surface area contributed by atoms with Gasteiger partial charge in [-0.3, -0.25) is 14.4 Å². The molecule has 1 aromatic carbocycles. The smallest absolute Gasteiger partial charge is 0.254 e. The molecule has 0 radical (unpaired) electrons. The van der Waals surface area contributed by atoms with Gasteiger partial charge in [0.2, 0.25) is 5.91 Å². The molecule has 0 bridgehead atoms. The lowest BCUT2D eigenvalue weighted by molar-refractivity contribution is -0.118. The topological polar surface area (TPSA) is 83.5 Å². The summed E-state index contributed by atoms with van der Waals surface area (Å²) >= 11 is 16.5. The van der Waals surface area contributed by atoms with Crippen molar-refractivity contribution in [3.63, 3.8) is 0 Å². The molecule has 108 valence electrons. The molecule has 10 heteroatoms. The number of anilines is 1. The molecule has 1 aromatic rings. The van der Waals surface area contributed by atoms with Crippen molar-refractivity contribution in [1.82, 2.24) is 0 Å². The molecular weight excluding hydrogens is 650 g/mol. The van der Waals surface area contributed by atoms with E-state index in [1.807, 2.05) is 45.2 Å². The van der Waals surface area contributed by atoms with Gasteiger partial charge < -0.3 is 10.4 Å². The molecule has 0 aromatic heterocycles. The van der Waals surface area contributed by atoms with Crippen molar-refractivity contribution in [2.24, 2.45) is 0 Å². The van der Waals surface area contributed by atoms with E-state index in [0.29, 0.717) is 10.7 Å². The first kappa shape index (κ1) is 18.8. The summed E-state index contributed by atoms with van der Waals surface area (Å²) in [6, 6.07) is 0. The van der Waals surface area contributed by atoms with Crippen LogP contribution in [0.25, 0.3) is 0 Å². The minimum Gasteiger partial charge on any atom is -0.387 e. The summed E-state index contributed by atoms with van der Waals surface area (Å²) < 4.78 is 1.07. The van der Waals surface area contributed by atoms with Gasteiger partial charge >= 0.3 is 0 Å². The molecule has 1 amide bonds. The Bertz CT molecular complexity index is 580. The molecule has 0 unspecified atom stereocenters. The van der Waals surface area contributed by atoms with Gasteiger partial charge in [-0.2, -0.15) is 0 Å². The van der Waals surface area contributed by atoms with Gasteiger partial charge in [-0.1, -0.05) is 0 Å². The van der Waals surface area contributed by atoms with Crippen LogP contribution in [-0.2, 0) is 4.79 Å². The van der Waals surface area contributed by atoms with E-state index in [-0.39, 0.29) is 16.8 Å². The Morgan fingerprint density at radius 3 is 1.65 bits per heavy atom. The molecule has 0 atom stereocenters. The number of nitrogens with one attached hydrogen (secondary N) is 1. The number of carbonyl (C=O) groups is 3. The predicted molar refractivity (Wildman–Crippen MR) is 101 cm³/mol. The van der Waals surface area contributed by atoms with Crippen molar-refractivity contribution in [2.45, 2.75) is 0 Å². The zero-order valence-electron chi connectivity index (χ0n) is 9.27. The second-order valence-corrected chi connectivity index (χ2v) is 7.24. The van der Waals surface area contributed by atoms with Crippen LogP contribution < -0.4 is 5.32 Å². The van der Waals surface area contributed by atoms with E-state index in [4.69, 9.17) is 28.3 Å². The van der Waals surface area contributed by atoms with Crippen LogP contribution in [-0.4, -0.2) is 28.1 Å². The standard InChI is InChI=1S/C10H4Cl2I3NO4/c11-9(19)3-5(13)4(10(12)20)7(15)8(6(3)14)16-2(18)1-17/h17H,1H2,(H,16,18). The van der Waals surface area contributed by atoms with Crippen LogP contribution in [0.4, 0.5) is 5.69 Å². The highest BCUT2D eigenvalue weighted by Crippen LogP contribution is 2.37. The molecule has 0 aliphatic heterocycles. The van der Waals surface area contributed by atoms with E-state index in [1.54, 1.807) is 22.6 Å². The number of amides is 1. The minimum absolute atomic E-state index is 0.0884. The fourth-order valence-electron chi connectivity index (χ4n) is 1.30. The average molecular weight is 654 g/mol. The molecule has 20 heavy (non-hydrogen) atoms. The average Bonchev–Trinajstić information content (AvgIpc) is 2.33. The summed E-state index contributed by atoms with van der Waals surface area (Å²) in [5.74, 6) is -0.678. The number of rotatable bonds is 4. The number of hydrogen-bond donors (Lipinski definition) is 2. The molecule has 0 spiro atoms. The monoisotopic (exact) mass is 653 g/mol. The summed E-state index contributed by atoms with van der Waals surface area (Å²) in [6.45, 7) is -0.730. The molecule has 0 heterocycles. The largest absolute Gasteiger partial charge is 0.387 e. The molecule has 0 fully saturated rings. The SMILES string of the molecule is O=C(CO)Nc1c(I)c(C(=O)Cl)c(I)c(C(=O)Cl)c1I. The second kappa shape index (κ2) is 7.85. The van der Waals surface area contributed by atoms with Crippen molar-refractivity contribution in [2.75, 3.05) is 11.9 Å². The zero-order valence-corrected chi connectivity index (χ0v) is 17.3. The van der Waals surface area contributed by atoms with Crippen molar-refractivity contribution in [3.05, 3.63) is 21.8 Å². The summed E-state index contributed by atoms with van der Waals surface area (Å²) in [6.07, 6.45) is 0. The number of aliphatic hydroxyl groups excluding tert-OH is 1. The van der Waals surface area contributed by atoms with Crippen LogP contribution >= 0.6 is 91.0 Å². The zero-order chi connectivity index (χ0) is 15.6. The first-order valence-corrected chi connectivity index (χ1v) is 8.72. The van der Waals surface area contributed by atoms with Crippen LogP contribution in [0.1, 0.15) is 20.7 Å². The van der Waals surface area contributed by atoms with Crippen molar-refractivity contribution < 1.29 is 19.5 Å². The third-order valence-electron chi connectivity index (χ3n) is 2.12. The molecular formula is C10H4Cl2I3NO4. The number of benzene rings is 1. The highest BCUT2D eigenvalue weighted by Gasteiger charge is 2.26. The maximum absolute atomic E-state index is 11.5. The normalized spacial score (nSPS) is 10.3. The summed E-state index contributed by atoms with van der Waals surface area (Å²) in [4.78, 5) is 34.4. The summed E-state index contributed by atoms with van der Waals surface area (Å²) in [7, 11) is 0. The Labute approximate surface area is 164 Å². The molecule has 0 saturated heterocycles. The highest BCUT2D eigenvalue weighted by molar-refractivity contribution is 14.1. The van der Waals surface area contributed by atoms with Crippen LogP contribution in [0.5, 0.6) is 0 Å². The first-order valence-electron chi connectivity index (χ1n) is 4.73. The lowest BCUT2D eigenvalue weighted by atomic mass is 10.1. The lowest BCUT2D eigenvalue weighted by Crippen LogP contribution is -2.20. The number of aliphatic hydroxyl groups is 1. The van der Waals surface area contributed by atoms with E-state index in [2.05, 4.69) is 5.32 Å². The van der Waals surface area contributed by atoms with E-state index < -0.39 is 23.0 Å². The maximum Gasteiger partial charge on any atom is 0.254 e. The number of halogens is 5. The van der Waals surface area contributed by atoms with Gasteiger partial charge in [0.05, 0.1) is 24.0 Å². The van der Waals surface area contributed by atoms with E-state index >= 15 is 0 Å². The van der Waals surface area contributed by atoms with Gasteiger partial charge in [-0.05, 0) is 91.0 Å². The lowest BCUT2D eigenvalue weighted by Gasteiger charge is -2.16. The molecule has 0 aliphatic carbocycles. The summed E-state index contributed by atoms with van der Waals surface area (Å²) in [5.41, 5.74) is 0.398. The van der Waals surface area contributed by atoms with Crippen molar-refractivity contribution >= 4 is 113 Å². The van der Waals surface area contributed by atoms with Gasteiger partial charge in [-0.25, -0.2) is 0 Å². The van der Waals surface area contributed by atoms with Gasteiger partial charge in [0.25, 0.3) is 10.5 Å². The van der Waals surface area contributed by atoms with E-state index in [9.17, 15) is 14.4 Å². The highest BCUT2D eigenvalue weighted by atomic mass is 127. The Hall–Kier alpha value is 0.760. The Kier molecular flexibility index (Phi) is 7.38. The Morgan fingerprint density at radius 1 is 0.950 bits per heavy atom. The second-order valence-electron chi connectivity index (χ2n) is 3.32. The molecule has 1 rings (SSSR count). The molecule has 5 nitrogen and oxygen atoms in total. The summed E-state index contributed by atoms with van der Waals surface area (Å²) in [5, 5.41) is 9.66. The van der Waals surface area contributed by atoms with Gasteiger partial charge in [-0.15, -0.1) is 0 Å². The fourth-order valence-corrected chi connectivity index (χ4v) is 6.73. The molecule has 0 saturated carbocycles. The number of carbonyl (C=O) groups excluding carboxylic acids is 3. The molecule has 0 aliphatic rings. The van der Waals surface area contributed by atoms with Gasteiger partial charge in [0.1, 0.15) is 6.61 Å². The van der Waals surface area contributed by atoms with Crippen molar-refractivity contribution in [3.8, 4) is 0 Å². The molecule has 2 N–H and O–H groups in total. The van der Waals surface area contributed by atoms with Crippen LogP contribution in [0, 0.1) is 10.7 Å². The maximum atomic E-state index is 11.5. The third-order valence-corrected chi connectivity index (χ3v) is 5.73. The third kappa shape index (κ3) is 3.94. The van der Waals surface area contributed by atoms with Crippen LogP contribution in [0.3, 0.4) is 0 Å². The van der Waals surface area contributed by atoms with Crippen LogP contribution in [0.2, 0.25) is 0 Å². The van der Waals surface area contributed by atoms with E-state index in [1.165, 1.54) is 0 Å². The van der Waals surface area contributed by atoms with E-state index in [0.717, 1.165) is 0 Å². The van der Waals surface area contributed by atoms with Crippen molar-refractivity contribution in [1.29, 1.82) is 0 Å². The van der Waals surface area contributed by atoms with Gasteiger partial charge in [0.15, 0.2) is 0 Å². The Morgan fingerprint density at radius 2 is 1.35 bits per heavy atom. The van der Waals surface area contributed by atoms with Crippen LogP contribution in [0.15, 0.2) is 0 Å². The number of hydrogen-bond acceptors (Lipinski definition) is 4.